The number of phosphoric acid groups is 1. The summed E-state index contributed by atoms with van der Waals surface area (Å²) in [6.07, 6.45) is 69.0. The molecule has 0 aliphatic rings. The maximum Gasteiger partial charge on any atom is 0.472 e. The van der Waals surface area contributed by atoms with Gasteiger partial charge in [0, 0.05) is 19.4 Å². The third kappa shape index (κ3) is 60.1. The molecule has 0 aromatic rings. The summed E-state index contributed by atoms with van der Waals surface area (Å²) in [5.41, 5.74) is 5.39. The second-order valence-corrected chi connectivity index (χ2v) is 23.8. The van der Waals surface area contributed by atoms with E-state index in [9.17, 15) is 19.0 Å². The lowest BCUT2D eigenvalue weighted by Crippen LogP contribution is -2.29. The standard InChI is InChI=1S/C63H126NO8P/c1-3-5-7-9-11-13-15-17-19-21-23-25-27-29-30-31-32-34-36-38-40-42-44-46-48-50-52-54-56-63(66)72-61(60-71-73(67,68)70-58-57-64)59-69-62(65)55-53-51-49-47-45-43-41-39-37-35-33-28-26-24-22-20-18-16-14-12-10-8-6-4-2/h61H,3-60,64H2,1-2H3,(H,67,68). The minimum absolute atomic E-state index is 0.0587. The van der Waals surface area contributed by atoms with Crippen LogP contribution in [0.1, 0.15) is 361 Å². The molecule has 0 radical (unpaired) electrons. The summed E-state index contributed by atoms with van der Waals surface area (Å²) >= 11 is 0. The molecule has 0 amide bonds. The molecule has 0 bridgehead atoms. The van der Waals surface area contributed by atoms with Crippen molar-refractivity contribution in [2.75, 3.05) is 26.4 Å². The number of carbonyl (C=O) groups is 2. The summed E-state index contributed by atoms with van der Waals surface area (Å²) in [7, 11) is -4.38. The van der Waals surface area contributed by atoms with Gasteiger partial charge in [-0.05, 0) is 12.8 Å². The largest absolute Gasteiger partial charge is 0.472 e. The van der Waals surface area contributed by atoms with Gasteiger partial charge in [-0.15, -0.1) is 0 Å². The zero-order valence-corrected chi connectivity index (χ0v) is 49.8. The number of carbonyl (C=O) groups excluding carboxylic acids is 2. The summed E-state index contributed by atoms with van der Waals surface area (Å²) in [6, 6.07) is 0. The van der Waals surface area contributed by atoms with E-state index in [0.29, 0.717) is 12.8 Å². The molecule has 436 valence electrons. The molecule has 2 atom stereocenters. The van der Waals surface area contributed by atoms with Crippen LogP contribution >= 0.6 is 7.82 Å². The van der Waals surface area contributed by atoms with Gasteiger partial charge in [-0.2, -0.15) is 0 Å². The van der Waals surface area contributed by atoms with Crippen molar-refractivity contribution in [3.05, 3.63) is 0 Å². The zero-order chi connectivity index (χ0) is 53.1. The average Bonchev–Trinajstić information content (AvgIpc) is 3.38. The Labute approximate surface area is 454 Å². The molecule has 0 saturated heterocycles. The van der Waals surface area contributed by atoms with Crippen molar-refractivity contribution in [2.24, 2.45) is 5.73 Å². The van der Waals surface area contributed by atoms with Gasteiger partial charge in [0.15, 0.2) is 6.10 Å². The maximum atomic E-state index is 12.7. The lowest BCUT2D eigenvalue weighted by atomic mass is 10.0. The molecule has 73 heavy (non-hydrogen) atoms. The molecule has 0 aliphatic heterocycles. The van der Waals surface area contributed by atoms with Crippen LogP contribution in [0.25, 0.3) is 0 Å². The van der Waals surface area contributed by atoms with E-state index in [1.807, 2.05) is 0 Å². The topological polar surface area (TPSA) is 134 Å². The molecule has 0 saturated carbocycles. The highest BCUT2D eigenvalue weighted by molar-refractivity contribution is 7.47. The van der Waals surface area contributed by atoms with Crippen molar-refractivity contribution < 1.29 is 37.6 Å². The lowest BCUT2D eigenvalue weighted by molar-refractivity contribution is -0.161. The third-order valence-electron chi connectivity index (χ3n) is 15.0. The van der Waals surface area contributed by atoms with Crippen molar-refractivity contribution >= 4 is 19.8 Å². The summed E-state index contributed by atoms with van der Waals surface area (Å²) in [4.78, 5) is 35.3. The van der Waals surface area contributed by atoms with Crippen LogP contribution in [-0.4, -0.2) is 49.3 Å². The van der Waals surface area contributed by atoms with E-state index in [-0.39, 0.29) is 32.1 Å². The Morgan fingerprint density at radius 1 is 0.356 bits per heavy atom. The smallest absolute Gasteiger partial charge is 0.462 e. The number of hydrogen-bond donors (Lipinski definition) is 2. The Balaban J connectivity index is 3.84. The van der Waals surface area contributed by atoms with Crippen molar-refractivity contribution in [1.82, 2.24) is 0 Å². The molecule has 10 heteroatoms. The van der Waals surface area contributed by atoms with Gasteiger partial charge in [0.05, 0.1) is 13.2 Å². The second-order valence-electron chi connectivity index (χ2n) is 22.4. The van der Waals surface area contributed by atoms with Gasteiger partial charge in [-0.3, -0.25) is 18.6 Å². The molecular weight excluding hydrogens is 930 g/mol. The molecule has 0 heterocycles. The van der Waals surface area contributed by atoms with Gasteiger partial charge in [-0.25, -0.2) is 4.57 Å². The van der Waals surface area contributed by atoms with Gasteiger partial charge in [0.1, 0.15) is 6.61 Å². The number of ether oxygens (including phenoxy) is 2. The Hall–Kier alpha value is -0.990. The van der Waals surface area contributed by atoms with Crippen LogP contribution in [0.15, 0.2) is 0 Å². The van der Waals surface area contributed by atoms with E-state index in [1.165, 1.54) is 295 Å². The average molecular weight is 1060 g/mol. The molecule has 3 N–H and O–H groups in total. The molecule has 0 fully saturated rings. The first-order valence-corrected chi connectivity index (χ1v) is 34.0. The Morgan fingerprint density at radius 2 is 0.589 bits per heavy atom. The summed E-state index contributed by atoms with van der Waals surface area (Å²) in [5, 5.41) is 0. The molecule has 9 nitrogen and oxygen atoms in total. The van der Waals surface area contributed by atoms with Crippen LogP contribution in [0, 0.1) is 0 Å². The Kier molecular flexibility index (Phi) is 59.4. The predicted molar refractivity (Wildman–Crippen MR) is 312 cm³/mol. The highest BCUT2D eigenvalue weighted by Crippen LogP contribution is 2.43. The summed E-state index contributed by atoms with van der Waals surface area (Å²) in [5.74, 6) is -0.799. The Morgan fingerprint density at radius 3 is 0.836 bits per heavy atom. The van der Waals surface area contributed by atoms with Gasteiger partial charge < -0.3 is 20.1 Å². The van der Waals surface area contributed by atoms with E-state index in [0.717, 1.165) is 32.1 Å². The van der Waals surface area contributed by atoms with Gasteiger partial charge in [-0.1, -0.05) is 335 Å². The quantitative estimate of drug-likeness (QED) is 0.0347. The minimum atomic E-state index is -4.38. The zero-order valence-electron chi connectivity index (χ0n) is 48.9. The Bertz CT molecular complexity index is 1160. The molecule has 0 spiro atoms. The fourth-order valence-corrected chi connectivity index (χ4v) is 10.9. The van der Waals surface area contributed by atoms with E-state index in [4.69, 9.17) is 24.3 Å². The number of nitrogens with two attached hydrogens (primary N) is 1. The normalized spacial score (nSPS) is 12.9. The molecule has 0 aliphatic carbocycles. The van der Waals surface area contributed by atoms with Crippen LogP contribution in [0.3, 0.4) is 0 Å². The first kappa shape index (κ1) is 72.0. The molecule has 0 rings (SSSR count). The molecule has 0 aromatic carbocycles. The number of rotatable bonds is 63. The minimum Gasteiger partial charge on any atom is -0.462 e. The maximum absolute atomic E-state index is 12.7. The van der Waals surface area contributed by atoms with Gasteiger partial charge >= 0.3 is 19.8 Å². The number of hydrogen-bond acceptors (Lipinski definition) is 8. The first-order valence-electron chi connectivity index (χ1n) is 32.5. The monoisotopic (exact) mass is 1060 g/mol. The SMILES string of the molecule is CCCCCCCCCCCCCCCCCCCCCCCCCCCCCCC(=O)OC(COC(=O)CCCCCCCCCCCCCCCCCCCCCCCCCC)COP(=O)(O)OCCN. The highest BCUT2D eigenvalue weighted by atomic mass is 31.2. The van der Waals surface area contributed by atoms with Crippen LogP contribution in [0.5, 0.6) is 0 Å². The van der Waals surface area contributed by atoms with Crippen LogP contribution in [0.2, 0.25) is 0 Å². The van der Waals surface area contributed by atoms with E-state index >= 15 is 0 Å². The fourth-order valence-electron chi connectivity index (χ4n) is 10.2. The van der Waals surface area contributed by atoms with E-state index < -0.39 is 26.5 Å². The van der Waals surface area contributed by atoms with Crippen LogP contribution in [-0.2, 0) is 32.7 Å². The van der Waals surface area contributed by atoms with Crippen LogP contribution < -0.4 is 5.73 Å². The number of esters is 2. The molecular formula is C63H126NO8P. The van der Waals surface area contributed by atoms with Gasteiger partial charge in [0.25, 0.3) is 0 Å². The number of unbranched alkanes of at least 4 members (excludes halogenated alkanes) is 50. The van der Waals surface area contributed by atoms with Crippen molar-refractivity contribution in [2.45, 2.75) is 367 Å². The first-order chi connectivity index (χ1) is 35.8. The van der Waals surface area contributed by atoms with E-state index in [1.54, 1.807) is 0 Å². The second kappa shape index (κ2) is 60.2. The van der Waals surface area contributed by atoms with Gasteiger partial charge in [0.2, 0.25) is 0 Å². The van der Waals surface area contributed by atoms with E-state index in [2.05, 4.69) is 13.8 Å². The lowest BCUT2D eigenvalue weighted by Gasteiger charge is -2.19. The molecule has 2 unspecified atom stereocenters. The summed E-state index contributed by atoms with van der Waals surface area (Å²) in [6.45, 7) is 3.84. The van der Waals surface area contributed by atoms with Crippen molar-refractivity contribution in [1.29, 1.82) is 0 Å². The molecule has 0 aromatic heterocycles. The highest BCUT2D eigenvalue weighted by Gasteiger charge is 2.26. The van der Waals surface area contributed by atoms with Crippen molar-refractivity contribution in [3.63, 3.8) is 0 Å². The summed E-state index contributed by atoms with van der Waals surface area (Å²) < 4.78 is 33.1. The fraction of sp³-hybridized carbons (Fsp3) is 0.968. The predicted octanol–water partition coefficient (Wildman–Crippen LogP) is 20.6. The van der Waals surface area contributed by atoms with Crippen molar-refractivity contribution in [3.8, 4) is 0 Å². The number of phosphoric ester groups is 1. The third-order valence-corrected chi connectivity index (χ3v) is 16.0. The van der Waals surface area contributed by atoms with Crippen LogP contribution in [0.4, 0.5) is 0 Å².